The van der Waals surface area contributed by atoms with Crippen LogP contribution in [0.1, 0.15) is 43.4 Å². The van der Waals surface area contributed by atoms with Crippen LogP contribution in [-0.4, -0.2) is 30.4 Å². The Balaban J connectivity index is 2.19. The highest BCUT2D eigenvalue weighted by atomic mass is 19.4. The van der Waals surface area contributed by atoms with Gasteiger partial charge < -0.3 is 14.7 Å². The van der Waals surface area contributed by atoms with Crippen molar-refractivity contribution in [2.24, 2.45) is 0 Å². The lowest BCUT2D eigenvalue weighted by atomic mass is 9.76. The number of alkyl halides is 3. The highest BCUT2D eigenvalue weighted by Crippen LogP contribution is 2.45. The maximum Gasteiger partial charge on any atom is 0.573 e. The highest BCUT2D eigenvalue weighted by Gasteiger charge is 2.36. The standard InChI is InChI=1S/C23H24F3NO4/c1-13-9-17-18(27(4)20(28)12-22(17,2)3)11-15(13)16-10-14(6-8-21(29)30)5-7-19(16)31-23(24,25)26/h5,7,9-11H,6,8,12H2,1-4H3,(H,29,30). The van der Waals surface area contributed by atoms with Crippen molar-refractivity contribution in [3.63, 3.8) is 0 Å². The summed E-state index contributed by atoms with van der Waals surface area (Å²) < 4.78 is 43.3. The zero-order valence-electron chi connectivity index (χ0n) is 17.8. The summed E-state index contributed by atoms with van der Waals surface area (Å²) in [5.41, 5.74) is 3.17. The summed E-state index contributed by atoms with van der Waals surface area (Å²) in [6.45, 7) is 5.71. The molecule has 3 rings (SSSR count). The number of fused-ring (bicyclic) bond motifs is 1. The summed E-state index contributed by atoms with van der Waals surface area (Å²) >= 11 is 0. The van der Waals surface area contributed by atoms with Crippen molar-refractivity contribution in [2.75, 3.05) is 11.9 Å². The van der Waals surface area contributed by atoms with Crippen molar-refractivity contribution >= 4 is 17.6 Å². The van der Waals surface area contributed by atoms with E-state index >= 15 is 0 Å². The first-order valence-electron chi connectivity index (χ1n) is 9.81. The van der Waals surface area contributed by atoms with Crippen LogP contribution in [0.4, 0.5) is 18.9 Å². The number of anilines is 1. The van der Waals surface area contributed by atoms with E-state index in [0.29, 0.717) is 23.2 Å². The molecule has 0 atom stereocenters. The smallest absolute Gasteiger partial charge is 0.481 e. The molecule has 0 saturated carbocycles. The summed E-state index contributed by atoms with van der Waals surface area (Å²) in [6.07, 6.45) is -4.52. The van der Waals surface area contributed by atoms with Gasteiger partial charge in [0.2, 0.25) is 5.91 Å². The fraction of sp³-hybridized carbons (Fsp3) is 0.391. The Hall–Kier alpha value is -3.03. The van der Waals surface area contributed by atoms with Gasteiger partial charge in [0.25, 0.3) is 0 Å². The van der Waals surface area contributed by atoms with Gasteiger partial charge in [0, 0.05) is 36.6 Å². The number of hydrogen-bond acceptors (Lipinski definition) is 3. The van der Waals surface area contributed by atoms with Crippen LogP contribution in [0.2, 0.25) is 0 Å². The maximum atomic E-state index is 13.0. The zero-order valence-corrected chi connectivity index (χ0v) is 17.8. The predicted molar refractivity (Wildman–Crippen MR) is 110 cm³/mol. The molecule has 2 aromatic rings. The summed E-state index contributed by atoms with van der Waals surface area (Å²) in [5.74, 6) is -1.45. The second-order valence-corrected chi connectivity index (χ2v) is 8.47. The van der Waals surface area contributed by atoms with Gasteiger partial charge in [-0.15, -0.1) is 13.2 Å². The van der Waals surface area contributed by atoms with Crippen LogP contribution >= 0.6 is 0 Å². The molecule has 0 aliphatic carbocycles. The zero-order chi connectivity index (χ0) is 23.1. The molecule has 1 N–H and O–H groups in total. The fourth-order valence-corrected chi connectivity index (χ4v) is 3.94. The molecule has 0 unspecified atom stereocenters. The van der Waals surface area contributed by atoms with Crippen molar-refractivity contribution in [3.05, 3.63) is 47.0 Å². The van der Waals surface area contributed by atoms with Crippen LogP contribution in [0.15, 0.2) is 30.3 Å². The van der Waals surface area contributed by atoms with Gasteiger partial charge in [-0.25, -0.2) is 0 Å². The molecule has 0 aromatic heterocycles. The van der Waals surface area contributed by atoms with Gasteiger partial charge in [0.1, 0.15) is 5.75 Å². The van der Waals surface area contributed by atoms with Crippen molar-refractivity contribution in [3.8, 4) is 16.9 Å². The third-order valence-electron chi connectivity index (χ3n) is 5.59. The van der Waals surface area contributed by atoms with Gasteiger partial charge in [-0.1, -0.05) is 26.0 Å². The Bertz CT molecular complexity index is 1040. The number of benzene rings is 2. The molecule has 1 aliphatic rings. The number of amides is 1. The van der Waals surface area contributed by atoms with Crippen LogP contribution in [-0.2, 0) is 21.4 Å². The lowest BCUT2D eigenvalue weighted by molar-refractivity contribution is -0.274. The summed E-state index contributed by atoms with van der Waals surface area (Å²) in [5, 5.41) is 8.94. The minimum Gasteiger partial charge on any atom is -0.481 e. The van der Waals surface area contributed by atoms with E-state index in [1.165, 1.54) is 23.1 Å². The second kappa shape index (κ2) is 7.90. The normalized spacial score (nSPS) is 15.6. The minimum atomic E-state index is -4.88. The minimum absolute atomic E-state index is 0.0747. The largest absolute Gasteiger partial charge is 0.573 e. The molecule has 0 saturated heterocycles. The van der Waals surface area contributed by atoms with E-state index in [1.54, 1.807) is 20.0 Å². The second-order valence-electron chi connectivity index (χ2n) is 8.47. The van der Waals surface area contributed by atoms with Gasteiger partial charge >= 0.3 is 12.3 Å². The Morgan fingerprint density at radius 1 is 1.19 bits per heavy atom. The third-order valence-corrected chi connectivity index (χ3v) is 5.59. The molecule has 5 nitrogen and oxygen atoms in total. The Morgan fingerprint density at radius 2 is 1.87 bits per heavy atom. The lowest BCUT2D eigenvalue weighted by Crippen LogP contribution is -2.39. The monoisotopic (exact) mass is 435 g/mol. The van der Waals surface area contributed by atoms with E-state index in [2.05, 4.69) is 4.74 Å². The molecule has 0 fully saturated rings. The van der Waals surface area contributed by atoms with Gasteiger partial charge in [-0.05, 0) is 53.8 Å². The van der Waals surface area contributed by atoms with E-state index in [9.17, 15) is 22.8 Å². The molecular formula is C23H24F3NO4. The molecule has 2 aromatic carbocycles. The van der Waals surface area contributed by atoms with Crippen LogP contribution in [0.3, 0.4) is 0 Å². The van der Waals surface area contributed by atoms with E-state index in [0.717, 1.165) is 11.1 Å². The van der Waals surface area contributed by atoms with Gasteiger partial charge in [-0.3, -0.25) is 9.59 Å². The van der Waals surface area contributed by atoms with Crippen molar-refractivity contribution in [1.82, 2.24) is 0 Å². The number of halogens is 3. The first-order valence-corrected chi connectivity index (χ1v) is 9.81. The molecule has 1 heterocycles. The van der Waals surface area contributed by atoms with Crippen molar-refractivity contribution in [1.29, 1.82) is 0 Å². The Labute approximate surface area is 178 Å². The topological polar surface area (TPSA) is 66.8 Å². The van der Waals surface area contributed by atoms with Crippen LogP contribution < -0.4 is 9.64 Å². The van der Waals surface area contributed by atoms with E-state index in [1.807, 2.05) is 19.9 Å². The fourth-order valence-electron chi connectivity index (χ4n) is 3.94. The molecule has 1 aliphatic heterocycles. The molecular weight excluding hydrogens is 411 g/mol. The van der Waals surface area contributed by atoms with Gasteiger partial charge in [-0.2, -0.15) is 0 Å². The van der Waals surface area contributed by atoms with E-state index in [4.69, 9.17) is 5.11 Å². The number of aryl methyl sites for hydroxylation is 2. The third kappa shape index (κ3) is 4.84. The molecule has 8 heteroatoms. The maximum absolute atomic E-state index is 13.0. The number of ether oxygens (including phenoxy) is 1. The summed E-state index contributed by atoms with van der Waals surface area (Å²) in [6, 6.07) is 7.77. The predicted octanol–water partition coefficient (Wildman–Crippen LogP) is 5.22. The highest BCUT2D eigenvalue weighted by molar-refractivity contribution is 5.98. The average Bonchev–Trinajstić information content (AvgIpc) is 2.64. The number of carboxylic acids is 1. The number of nitrogens with zero attached hydrogens (tertiary/aromatic N) is 1. The van der Waals surface area contributed by atoms with Crippen molar-refractivity contribution in [2.45, 2.75) is 51.8 Å². The molecule has 166 valence electrons. The number of rotatable bonds is 5. The average molecular weight is 435 g/mol. The Morgan fingerprint density at radius 3 is 2.48 bits per heavy atom. The SMILES string of the molecule is Cc1cc2c(cc1-c1cc(CCC(=O)O)ccc1OC(F)(F)F)N(C)C(=O)CC2(C)C. The van der Waals surface area contributed by atoms with Gasteiger partial charge in [0.05, 0.1) is 0 Å². The lowest BCUT2D eigenvalue weighted by Gasteiger charge is -2.37. The summed E-state index contributed by atoms with van der Waals surface area (Å²) in [7, 11) is 1.64. The molecule has 31 heavy (non-hydrogen) atoms. The Kier molecular flexibility index (Phi) is 5.78. The molecule has 0 spiro atoms. The first kappa shape index (κ1) is 22.7. The van der Waals surface area contributed by atoms with Gasteiger partial charge in [0.15, 0.2) is 0 Å². The molecule has 0 radical (unpaired) electrons. The molecule has 0 bridgehead atoms. The number of hydrogen-bond donors (Lipinski definition) is 1. The van der Waals surface area contributed by atoms with Crippen LogP contribution in [0.25, 0.3) is 11.1 Å². The summed E-state index contributed by atoms with van der Waals surface area (Å²) in [4.78, 5) is 24.9. The number of aliphatic carboxylic acids is 1. The number of carboxylic acid groups (broad SMARTS) is 1. The van der Waals surface area contributed by atoms with Crippen LogP contribution in [0, 0.1) is 6.92 Å². The van der Waals surface area contributed by atoms with Crippen molar-refractivity contribution < 1.29 is 32.6 Å². The quantitative estimate of drug-likeness (QED) is 0.699. The van der Waals surface area contributed by atoms with E-state index in [-0.39, 0.29) is 30.1 Å². The van der Waals surface area contributed by atoms with E-state index < -0.39 is 17.7 Å². The molecule has 1 amide bonds. The number of carbonyl (C=O) groups is 2. The first-order chi connectivity index (χ1) is 14.3. The number of carbonyl (C=O) groups excluding carboxylic acids is 1. The van der Waals surface area contributed by atoms with Crippen LogP contribution in [0.5, 0.6) is 5.75 Å².